The van der Waals surface area contributed by atoms with Crippen LogP contribution in [0.3, 0.4) is 0 Å². The van der Waals surface area contributed by atoms with Crippen LogP contribution in [0.1, 0.15) is 11.3 Å². The molecule has 1 aliphatic rings. The van der Waals surface area contributed by atoms with Gasteiger partial charge in [0.1, 0.15) is 0 Å². The van der Waals surface area contributed by atoms with Crippen LogP contribution in [-0.4, -0.2) is 62.6 Å². The van der Waals surface area contributed by atoms with Crippen molar-refractivity contribution in [3.05, 3.63) is 84.2 Å². The molecule has 0 amide bonds. The third-order valence-corrected chi connectivity index (χ3v) is 6.69. The SMILES string of the molecule is Cc1cc2ncc3cc(-c4ccccc4)c(-c4ccc(CN5CCN(C)CC5)cc4)nc3n2n1. The Bertz CT molecular complexity index is 1450. The van der Waals surface area contributed by atoms with Crippen molar-refractivity contribution in [1.29, 1.82) is 0 Å². The first-order valence-corrected chi connectivity index (χ1v) is 11.9. The maximum atomic E-state index is 5.16. The molecule has 5 aromatic rings. The zero-order chi connectivity index (χ0) is 23.1. The number of aryl methyl sites for hydroxylation is 1. The smallest absolute Gasteiger partial charge is 0.165 e. The molecule has 0 bridgehead atoms. The van der Waals surface area contributed by atoms with Crippen molar-refractivity contribution in [2.75, 3.05) is 33.2 Å². The molecule has 34 heavy (non-hydrogen) atoms. The van der Waals surface area contributed by atoms with Crippen LogP contribution in [0, 0.1) is 6.92 Å². The molecule has 0 unspecified atom stereocenters. The highest BCUT2D eigenvalue weighted by Gasteiger charge is 2.16. The Morgan fingerprint density at radius 2 is 1.62 bits per heavy atom. The number of piperazine rings is 1. The van der Waals surface area contributed by atoms with Crippen LogP contribution >= 0.6 is 0 Å². The molecule has 0 N–H and O–H groups in total. The quantitative estimate of drug-likeness (QED) is 0.400. The molecule has 0 atom stereocenters. The Morgan fingerprint density at radius 1 is 0.853 bits per heavy atom. The molecule has 0 spiro atoms. The standard InChI is InChI=1S/C28H28N6/c1-20-16-26-29-18-24-17-25(22-6-4-3-5-7-22)27(30-28(24)34(26)31-20)23-10-8-21(9-11-23)19-33-14-12-32(2)13-15-33/h3-11,16-18H,12-15,19H2,1-2H3. The van der Waals surface area contributed by atoms with Gasteiger partial charge < -0.3 is 4.90 Å². The van der Waals surface area contributed by atoms with Gasteiger partial charge in [-0.1, -0.05) is 54.6 Å². The highest BCUT2D eigenvalue weighted by atomic mass is 15.3. The molecule has 0 aliphatic carbocycles. The third-order valence-electron chi connectivity index (χ3n) is 6.69. The van der Waals surface area contributed by atoms with Crippen LogP contribution in [0.4, 0.5) is 0 Å². The van der Waals surface area contributed by atoms with Gasteiger partial charge in [0.2, 0.25) is 0 Å². The fourth-order valence-corrected chi connectivity index (χ4v) is 4.74. The normalized spacial score (nSPS) is 15.4. The zero-order valence-corrected chi connectivity index (χ0v) is 19.6. The summed E-state index contributed by atoms with van der Waals surface area (Å²) in [5, 5.41) is 5.62. The van der Waals surface area contributed by atoms with E-state index in [9.17, 15) is 0 Å². The molecule has 170 valence electrons. The zero-order valence-electron chi connectivity index (χ0n) is 19.6. The molecule has 6 heteroatoms. The van der Waals surface area contributed by atoms with Crippen LogP contribution in [0.15, 0.2) is 72.9 Å². The van der Waals surface area contributed by atoms with Gasteiger partial charge >= 0.3 is 0 Å². The summed E-state index contributed by atoms with van der Waals surface area (Å²) in [6.07, 6.45) is 1.90. The van der Waals surface area contributed by atoms with E-state index in [1.54, 1.807) is 0 Å². The maximum Gasteiger partial charge on any atom is 0.165 e. The van der Waals surface area contributed by atoms with Crippen LogP contribution < -0.4 is 0 Å². The molecule has 2 aromatic carbocycles. The van der Waals surface area contributed by atoms with Gasteiger partial charge in [0.15, 0.2) is 11.3 Å². The second-order valence-corrected chi connectivity index (χ2v) is 9.25. The Kier molecular flexibility index (Phi) is 5.32. The number of pyridine rings is 1. The first-order valence-electron chi connectivity index (χ1n) is 11.9. The minimum absolute atomic E-state index is 0.818. The second kappa shape index (κ2) is 8.63. The van der Waals surface area contributed by atoms with Gasteiger partial charge in [0, 0.05) is 61.5 Å². The third kappa shape index (κ3) is 3.95. The van der Waals surface area contributed by atoms with Crippen molar-refractivity contribution in [2.24, 2.45) is 0 Å². The largest absolute Gasteiger partial charge is 0.304 e. The van der Waals surface area contributed by atoms with Gasteiger partial charge in [-0.25, -0.2) is 9.97 Å². The van der Waals surface area contributed by atoms with E-state index in [0.29, 0.717) is 0 Å². The lowest BCUT2D eigenvalue weighted by Crippen LogP contribution is -2.43. The van der Waals surface area contributed by atoms with Gasteiger partial charge in [-0.15, -0.1) is 0 Å². The van der Waals surface area contributed by atoms with Gasteiger partial charge in [-0.05, 0) is 31.2 Å². The predicted octanol–water partition coefficient (Wildman–Crippen LogP) is 4.67. The summed E-state index contributed by atoms with van der Waals surface area (Å²) in [6, 6.07) is 23.5. The summed E-state index contributed by atoms with van der Waals surface area (Å²) in [4.78, 5) is 14.7. The van der Waals surface area contributed by atoms with Crippen LogP contribution in [0.5, 0.6) is 0 Å². The van der Waals surface area contributed by atoms with Crippen molar-refractivity contribution in [3.63, 3.8) is 0 Å². The second-order valence-electron chi connectivity index (χ2n) is 9.25. The molecule has 1 fully saturated rings. The van der Waals surface area contributed by atoms with E-state index in [-0.39, 0.29) is 0 Å². The van der Waals surface area contributed by atoms with E-state index < -0.39 is 0 Å². The first kappa shape index (κ1) is 21.0. The number of nitrogens with zero attached hydrogens (tertiary/aromatic N) is 6. The van der Waals surface area contributed by atoms with Crippen molar-refractivity contribution in [1.82, 2.24) is 29.4 Å². The summed E-state index contributed by atoms with van der Waals surface area (Å²) < 4.78 is 1.85. The first-order chi connectivity index (χ1) is 16.6. The Balaban J connectivity index is 1.43. The van der Waals surface area contributed by atoms with Gasteiger partial charge in [-0.3, -0.25) is 4.90 Å². The van der Waals surface area contributed by atoms with Crippen molar-refractivity contribution in [2.45, 2.75) is 13.5 Å². The number of benzene rings is 2. The summed E-state index contributed by atoms with van der Waals surface area (Å²) >= 11 is 0. The minimum Gasteiger partial charge on any atom is -0.304 e. The number of hydrogen-bond donors (Lipinski definition) is 0. The van der Waals surface area contributed by atoms with E-state index in [4.69, 9.17) is 4.98 Å². The lowest BCUT2D eigenvalue weighted by molar-refractivity contribution is 0.148. The van der Waals surface area contributed by atoms with Gasteiger partial charge in [-0.2, -0.15) is 9.61 Å². The Labute approximate surface area is 199 Å². The molecule has 1 saturated heterocycles. The van der Waals surface area contributed by atoms with Crippen LogP contribution in [-0.2, 0) is 6.54 Å². The van der Waals surface area contributed by atoms with Crippen molar-refractivity contribution < 1.29 is 0 Å². The Morgan fingerprint density at radius 3 is 2.38 bits per heavy atom. The topological polar surface area (TPSA) is 49.6 Å². The highest BCUT2D eigenvalue weighted by Crippen LogP contribution is 2.33. The molecular formula is C28H28N6. The molecule has 0 saturated carbocycles. The number of aromatic nitrogens is 4. The van der Waals surface area contributed by atoms with E-state index in [1.807, 2.05) is 29.8 Å². The Hall–Kier alpha value is -3.61. The fourth-order valence-electron chi connectivity index (χ4n) is 4.74. The van der Waals surface area contributed by atoms with Crippen molar-refractivity contribution in [3.8, 4) is 22.4 Å². The lowest BCUT2D eigenvalue weighted by Gasteiger charge is -2.32. The number of fused-ring (bicyclic) bond motifs is 3. The molecule has 0 radical (unpaired) electrons. The van der Waals surface area contributed by atoms with Crippen LogP contribution in [0.25, 0.3) is 39.1 Å². The van der Waals surface area contributed by atoms with E-state index in [0.717, 1.165) is 77.5 Å². The van der Waals surface area contributed by atoms with E-state index in [1.165, 1.54) is 5.56 Å². The summed E-state index contributed by atoms with van der Waals surface area (Å²) in [5.41, 5.74) is 8.23. The molecule has 6 nitrogen and oxygen atoms in total. The van der Waals surface area contributed by atoms with E-state index >= 15 is 0 Å². The fraction of sp³-hybridized carbons (Fsp3) is 0.250. The molecule has 4 heterocycles. The lowest BCUT2D eigenvalue weighted by atomic mass is 9.97. The predicted molar refractivity (Wildman–Crippen MR) is 137 cm³/mol. The van der Waals surface area contributed by atoms with Gasteiger partial charge in [0.25, 0.3) is 0 Å². The minimum atomic E-state index is 0.818. The molecule has 1 aliphatic heterocycles. The number of likely N-dealkylation sites (N-methyl/N-ethyl adjacent to an activating group) is 1. The van der Waals surface area contributed by atoms with Gasteiger partial charge in [0.05, 0.1) is 11.4 Å². The number of rotatable bonds is 4. The average Bonchev–Trinajstić information content (AvgIpc) is 3.26. The van der Waals surface area contributed by atoms with E-state index in [2.05, 4.69) is 81.5 Å². The highest BCUT2D eigenvalue weighted by molar-refractivity contribution is 5.90. The monoisotopic (exact) mass is 448 g/mol. The molecule has 6 rings (SSSR count). The number of hydrogen-bond acceptors (Lipinski definition) is 5. The summed E-state index contributed by atoms with van der Waals surface area (Å²) in [5.74, 6) is 0. The van der Waals surface area contributed by atoms with Crippen molar-refractivity contribution >= 4 is 16.7 Å². The average molecular weight is 449 g/mol. The summed E-state index contributed by atoms with van der Waals surface area (Å²) in [7, 11) is 2.20. The molecule has 3 aromatic heterocycles. The molecular weight excluding hydrogens is 420 g/mol. The van der Waals surface area contributed by atoms with Crippen LogP contribution in [0.2, 0.25) is 0 Å². The summed E-state index contributed by atoms with van der Waals surface area (Å²) in [6.45, 7) is 7.49. The maximum absolute atomic E-state index is 5.16.